The number of ether oxygens (including phenoxy) is 1. The maximum absolute atomic E-state index is 14.4. The predicted octanol–water partition coefficient (Wildman–Crippen LogP) is 4.60. The minimum absolute atomic E-state index is 0.0710. The van der Waals surface area contributed by atoms with Crippen LogP contribution < -0.4 is 10.1 Å². The van der Waals surface area contributed by atoms with Gasteiger partial charge < -0.3 is 10.1 Å². The number of hydrogen-bond donors (Lipinski definition) is 1. The summed E-state index contributed by atoms with van der Waals surface area (Å²) < 4.78 is 21.3. The van der Waals surface area contributed by atoms with Crippen molar-refractivity contribution >= 4 is 11.6 Å². The van der Waals surface area contributed by atoms with Gasteiger partial charge in [-0.25, -0.2) is 9.07 Å². The van der Waals surface area contributed by atoms with Crippen LogP contribution in [0, 0.1) is 11.7 Å². The molecule has 0 spiro atoms. The van der Waals surface area contributed by atoms with Crippen LogP contribution >= 0.6 is 0 Å². The second-order valence-corrected chi connectivity index (χ2v) is 7.06. The molecule has 6 nitrogen and oxygen atoms in total. The maximum Gasteiger partial charge on any atom is 0.336 e. The summed E-state index contributed by atoms with van der Waals surface area (Å²) in [6.45, 7) is 2.25. The standard InChI is InChI=1S/C22H23FN4O2/c1-2-29-22-25-20(18-9-5-6-10-19(18)23)27(26-22)17-13-11-16(12-14-17)24-21(28)15-7-3-4-8-15/h5-6,9-15H,2-4,7-8H2,1H3,(H,24,28). The molecule has 3 aromatic rings. The zero-order chi connectivity index (χ0) is 20.2. The summed E-state index contributed by atoms with van der Waals surface area (Å²) in [5.74, 6) is 0.145. The molecule has 1 fully saturated rings. The molecule has 1 amide bonds. The lowest BCUT2D eigenvalue weighted by Gasteiger charge is -2.11. The summed E-state index contributed by atoms with van der Waals surface area (Å²) >= 11 is 0. The zero-order valence-corrected chi connectivity index (χ0v) is 16.3. The van der Waals surface area contributed by atoms with Gasteiger partial charge in [-0.2, -0.15) is 4.98 Å². The molecule has 1 aliphatic rings. The molecule has 1 aromatic heterocycles. The molecule has 0 atom stereocenters. The lowest BCUT2D eigenvalue weighted by molar-refractivity contribution is -0.119. The van der Waals surface area contributed by atoms with Crippen molar-refractivity contribution in [3.05, 3.63) is 54.3 Å². The summed E-state index contributed by atoms with van der Waals surface area (Å²) in [6, 6.07) is 13.9. The number of carbonyl (C=O) groups excluding carboxylic acids is 1. The Bertz CT molecular complexity index is 994. The van der Waals surface area contributed by atoms with Crippen LogP contribution in [0.15, 0.2) is 48.5 Å². The highest BCUT2D eigenvalue weighted by atomic mass is 19.1. The largest absolute Gasteiger partial charge is 0.463 e. The number of rotatable bonds is 6. The van der Waals surface area contributed by atoms with Crippen molar-refractivity contribution in [2.45, 2.75) is 32.6 Å². The molecule has 0 unspecified atom stereocenters. The highest BCUT2D eigenvalue weighted by Crippen LogP contribution is 2.28. The molecule has 0 saturated heterocycles. The summed E-state index contributed by atoms with van der Waals surface area (Å²) in [6.07, 6.45) is 4.14. The maximum atomic E-state index is 14.4. The van der Waals surface area contributed by atoms with Gasteiger partial charge in [0.15, 0.2) is 5.82 Å². The smallest absolute Gasteiger partial charge is 0.336 e. The molecule has 29 heavy (non-hydrogen) atoms. The van der Waals surface area contributed by atoms with Gasteiger partial charge in [-0.1, -0.05) is 25.0 Å². The van der Waals surface area contributed by atoms with Gasteiger partial charge in [-0.05, 0) is 56.2 Å². The molecule has 4 rings (SSSR count). The van der Waals surface area contributed by atoms with Crippen LogP contribution in [0.25, 0.3) is 17.1 Å². The summed E-state index contributed by atoms with van der Waals surface area (Å²) in [4.78, 5) is 16.7. The molecule has 1 heterocycles. The van der Waals surface area contributed by atoms with E-state index in [1.807, 2.05) is 31.2 Å². The van der Waals surface area contributed by atoms with Gasteiger partial charge in [0.1, 0.15) is 5.82 Å². The first-order valence-electron chi connectivity index (χ1n) is 9.91. The lowest BCUT2D eigenvalue weighted by atomic mass is 10.1. The number of halogens is 1. The van der Waals surface area contributed by atoms with Gasteiger partial charge in [0.05, 0.1) is 17.9 Å². The van der Waals surface area contributed by atoms with E-state index in [9.17, 15) is 9.18 Å². The molecule has 0 radical (unpaired) electrons. The summed E-state index contributed by atoms with van der Waals surface area (Å²) in [5.41, 5.74) is 1.76. The third-order valence-electron chi connectivity index (χ3n) is 5.08. The average molecular weight is 394 g/mol. The van der Waals surface area contributed by atoms with E-state index in [0.717, 1.165) is 31.4 Å². The third-order valence-corrected chi connectivity index (χ3v) is 5.08. The molecule has 150 valence electrons. The molecular formula is C22H23FN4O2. The van der Waals surface area contributed by atoms with Gasteiger partial charge >= 0.3 is 6.01 Å². The second-order valence-electron chi connectivity index (χ2n) is 7.06. The Labute approximate surface area is 168 Å². The van der Waals surface area contributed by atoms with E-state index in [2.05, 4.69) is 15.4 Å². The minimum atomic E-state index is -0.385. The van der Waals surface area contributed by atoms with E-state index in [-0.39, 0.29) is 23.7 Å². The Morgan fingerprint density at radius 3 is 2.59 bits per heavy atom. The number of amides is 1. The van der Waals surface area contributed by atoms with Crippen LogP contribution in [-0.2, 0) is 4.79 Å². The fraction of sp³-hybridized carbons (Fsp3) is 0.318. The van der Waals surface area contributed by atoms with Crippen LogP contribution in [-0.4, -0.2) is 27.3 Å². The Kier molecular flexibility index (Phi) is 5.55. The van der Waals surface area contributed by atoms with Crippen molar-refractivity contribution in [2.24, 2.45) is 5.92 Å². The molecule has 2 aromatic carbocycles. The molecule has 1 N–H and O–H groups in total. The first kappa shape index (κ1) is 19.1. The van der Waals surface area contributed by atoms with Gasteiger partial charge in [0.25, 0.3) is 0 Å². The first-order valence-corrected chi connectivity index (χ1v) is 9.91. The fourth-order valence-corrected chi connectivity index (χ4v) is 3.60. The molecule has 0 bridgehead atoms. The number of nitrogens with one attached hydrogen (secondary N) is 1. The van der Waals surface area contributed by atoms with Crippen LogP contribution in [0.5, 0.6) is 6.01 Å². The van der Waals surface area contributed by atoms with Crippen molar-refractivity contribution in [1.29, 1.82) is 0 Å². The van der Waals surface area contributed by atoms with Crippen LogP contribution in [0.2, 0.25) is 0 Å². The third kappa shape index (κ3) is 4.13. The summed E-state index contributed by atoms with van der Waals surface area (Å²) in [7, 11) is 0. The number of hydrogen-bond acceptors (Lipinski definition) is 4. The molecule has 0 aliphatic heterocycles. The van der Waals surface area contributed by atoms with Crippen LogP contribution in [0.4, 0.5) is 10.1 Å². The lowest BCUT2D eigenvalue weighted by Crippen LogP contribution is -2.20. The van der Waals surface area contributed by atoms with E-state index < -0.39 is 0 Å². The van der Waals surface area contributed by atoms with E-state index in [0.29, 0.717) is 23.7 Å². The number of anilines is 1. The van der Waals surface area contributed by atoms with E-state index in [4.69, 9.17) is 4.74 Å². The fourth-order valence-electron chi connectivity index (χ4n) is 3.60. The van der Waals surface area contributed by atoms with E-state index in [1.165, 1.54) is 6.07 Å². The quantitative estimate of drug-likeness (QED) is 0.663. The van der Waals surface area contributed by atoms with Crippen molar-refractivity contribution < 1.29 is 13.9 Å². The van der Waals surface area contributed by atoms with Crippen LogP contribution in [0.1, 0.15) is 32.6 Å². The van der Waals surface area contributed by atoms with Crippen LogP contribution in [0.3, 0.4) is 0 Å². The number of aromatic nitrogens is 3. The highest BCUT2D eigenvalue weighted by molar-refractivity contribution is 5.92. The predicted molar refractivity (Wildman–Crippen MR) is 109 cm³/mol. The van der Waals surface area contributed by atoms with Gasteiger partial charge in [-0.3, -0.25) is 4.79 Å². The first-order chi connectivity index (χ1) is 14.2. The number of nitrogens with zero attached hydrogens (tertiary/aromatic N) is 3. The van der Waals surface area contributed by atoms with Gasteiger partial charge in [-0.15, -0.1) is 5.10 Å². The van der Waals surface area contributed by atoms with Gasteiger partial charge in [0.2, 0.25) is 5.91 Å². The summed E-state index contributed by atoms with van der Waals surface area (Å²) in [5, 5.41) is 7.35. The second kappa shape index (κ2) is 8.43. The SMILES string of the molecule is CCOc1nc(-c2ccccc2F)n(-c2ccc(NC(=O)C3CCCC3)cc2)n1. The molecule has 1 saturated carbocycles. The number of benzene rings is 2. The zero-order valence-electron chi connectivity index (χ0n) is 16.3. The normalized spacial score (nSPS) is 14.1. The van der Waals surface area contributed by atoms with E-state index in [1.54, 1.807) is 22.9 Å². The Hall–Kier alpha value is -3.22. The Morgan fingerprint density at radius 2 is 1.90 bits per heavy atom. The Balaban J connectivity index is 1.62. The minimum Gasteiger partial charge on any atom is -0.463 e. The topological polar surface area (TPSA) is 69.0 Å². The molecular weight excluding hydrogens is 371 g/mol. The van der Waals surface area contributed by atoms with Crippen molar-refractivity contribution in [3.63, 3.8) is 0 Å². The van der Waals surface area contributed by atoms with Crippen molar-refractivity contribution in [2.75, 3.05) is 11.9 Å². The van der Waals surface area contributed by atoms with Crippen molar-refractivity contribution in [1.82, 2.24) is 14.8 Å². The van der Waals surface area contributed by atoms with Crippen molar-refractivity contribution in [3.8, 4) is 23.1 Å². The highest BCUT2D eigenvalue weighted by Gasteiger charge is 2.23. The number of carbonyl (C=O) groups is 1. The van der Waals surface area contributed by atoms with E-state index >= 15 is 0 Å². The Morgan fingerprint density at radius 1 is 1.17 bits per heavy atom. The molecule has 7 heteroatoms. The van der Waals surface area contributed by atoms with Gasteiger partial charge in [0, 0.05) is 11.6 Å². The molecule has 1 aliphatic carbocycles. The monoisotopic (exact) mass is 394 g/mol. The average Bonchev–Trinajstić information content (AvgIpc) is 3.40.